The summed E-state index contributed by atoms with van der Waals surface area (Å²) in [4.78, 5) is 14.5. The van der Waals surface area contributed by atoms with E-state index in [0.717, 1.165) is 35.9 Å². The Labute approximate surface area is 152 Å². The number of nitrogens with one attached hydrogen (secondary N) is 2. The SMILES string of the molecule is COc1ccc(NC(=O)CNc2cc(Cl)ccc2N2CCCC2)cc1. The number of halogens is 1. The molecule has 0 aromatic heterocycles. The molecule has 1 fully saturated rings. The first-order valence-corrected chi connectivity index (χ1v) is 8.76. The second-order valence-corrected chi connectivity index (χ2v) is 6.42. The molecular weight excluding hydrogens is 338 g/mol. The van der Waals surface area contributed by atoms with Crippen LogP contribution in [0.4, 0.5) is 17.1 Å². The predicted octanol–water partition coefficient (Wildman–Crippen LogP) is 4.00. The zero-order chi connectivity index (χ0) is 17.6. The van der Waals surface area contributed by atoms with Crippen LogP contribution < -0.4 is 20.3 Å². The fraction of sp³-hybridized carbons (Fsp3) is 0.316. The number of carbonyl (C=O) groups is 1. The van der Waals surface area contributed by atoms with Crippen molar-refractivity contribution in [2.24, 2.45) is 0 Å². The molecule has 132 valence electrons. The van der Waals surface area contributed by atoms with E-state index in [9.17, 15) is 4.79 Å². The molecule has 5 nitrogen and oxygen atoms in total. The molecule has 1 aliphatic heterocycles. The van der Waals surface area contributed by atoms with E-state index in [4.69, 9.17) is 16.3 Å². The third-order valence-electron chi connectivity index (χ3n) is 4.22. The molecule has 3 rings (SSSR count). The predicted molar refractivity (Wildman–Crippen MR) is 103 cm³/mol. The van der Waals surface area contributed by atoms with E-state index in [1.165, 1.54) is 12.8 Å². The number of carbonyl (C=O) groups excluding carboxylic acids is 1. The zero-order valence-electron chi connectivity index (χ0n) is 14.2. The highest BCUT2D eigenvalue weighted by Gasteiger charge is 2.16. The van der Waals surface area contributed by atoms with Gasteiger partial charge in [-0.3, -0.25) is 4.79 Å². The van der Waals surface area contributed by atoms with Crippen molar-refractivity contribution < 1.29 is 9.53 Å². The van der Waals surface area contributed by atoms with Gasteiger partial charge in [0.25, 0.3) is 0 Å². The molecule has 2 N–H and O–H groups in total. The van der Waals surface area contributed by atoms with E-state index >= 15 is 0 Å². The summed E-state index contributed by atoms with van der Waals surface area (Å²) < 4.78 is 5.11. The van der Waals surface area contributed by atoms with E-state index in [1.807, 2.05) is 42.5 Å². The van der Waals surface area contributed by atoms with Crippen molar-refractivity contribution in [1.82, 2.24) is 0 Å². The summed E-state index contributed by atoms with van der Waals surface area (Å²) in [5.41, 5.74) is 2.72. The summed E-state index contributed by atoms with van der Waals surface area (Å²) >= 11 is 6.13. The second kappa shape index (κ2) is 8.12. The molecule has 6 heteroatoms. The minimum absolute atomic E-state index is 0.113. The standard InChI is InChI=1S/C19H22ClN3O2/c1-25-16-7-5-15(6-8-16)22-19(24)13-21-17-12-14(20)4-9-18(17)23-10-2-3-11-23/h4-9,12,21H,2-3,10-11,13H2,1H3,(H,22,24). The summed E-state index contributed by atoms with van der Waals surface area (Å²) in [6.45, 7) is 2.25. The smallest absolute Gasteiger partial charge is 0.243 e. The molecule has 1 heterocycles. The van der Waals surface area contributed by atoms with E-state index in [0.29, 0.717) is 5.02 Å². The number of anilines is 3. The van der Waals surface area contributed by atoms with Crippen molar-refractivity contribution in [3.63, 3.8) is 0 Å². The van der Waals surface area contributed by atoms with Gasteiger partial charge in [0.1, 0.15) is 5.75 Å². The number of amides is 1. The minimum atomic E-state index is -0.113. The number of ether oxygens (including phenoxy) is 1. The van der Waals surface area contributed by atoms with Crippen LogP contribution >= 0.6 is 11.6 Å². The van der Waals surface area contributed by atoms with Gasteiger partial charge in [0.2, 0.25) is 5.91 Å². The molecule has 0 radical (unpaired) electrons. The number of nitrogens with zero attached hydrogens (tertiary/aromatic N) is 1. The van der Waals surface area contributed by atoms with Crippen molar-refractivity contribution in [2.75, 3.05) is 42.3 Å². The second-order valence-electron chi connectivity index (χ2n) is 5.99. The molecule has 0 atom stereocenters. The van der Waals surface area contributed by atoms with Crippen LogP contribution in [0.1, 0.15) is 12.8 Å². The molecule has 0 unspecified atom stereocenters. The number of hydrogen-bond acceptors (Lipinski definition) is 4. The van der Waals surface area contributed by atoms with E-state index in [2.05, 4.69) is 15.5 Å². The van der Waals surface area contributed by atoms with Gasteiger partial charge in [0.15, 0.2) is 0 Å². The van der Waals surface area contributed by atoms with Gasteiger partial charge in [0.05, 0.1) is 25.0 Å². The molecule has 1 amide bonds. The summed E-state index contributed by atoms with van der Waals surface area (Å²) in [6.07, 6.45) is 2.39. The first kappa shape index (κ1) is 17.4. The monoisotopic (exact) mass is 359 g/mol. The molecule has 25 heavy (non-hydrogen) atoms. The van der Waals surface area contributed by atoms with Crippen molar-refractivity contribution in [3.8, 4) is 5.75 Å². The van der Waals surface area contributed by atoms with Gasteiger partial charge >= 0.3 is 0 Å². The van der Waals surface area contributed by atoms with Crippen LogP contribution in [0, 0.1) is 0 Å². The first-order valence-electron chi connectivity index (χ1n) is 8.38. The first-order chi connectivity index (χ1) is 12.2. The lowest BCUT2D eigenvalue weighted by molar-refractivity contribution is -0.114. The van der Waals surface area contributed by atoms with Crippen LogP contribution in [0.25, 0.3) is 0 Å². The Kier molecular flexibility index (Phi) is 5.66. The van der Waals surface area contributed by atoms with Crippen LogP contribution in [0.5, 0.6) is 5.75 Å². The lowest BCUT2D eigenvalue weighted by Crippen LogP contribution is -2.24. The van der Waals surface area contributed by atoms with Crippen LogP contribution in [0.15, 0.2) is 42.5 Å². The van der Waals surface area contributed by atoms with Gasteiger partial charge in [-0.05, 0) is 55.3 Å². The summed E-state index contributed by atoms with van der Waals surface area (Å²) in [5.74, 6) is 0.642. The van der Waals surface area contributed by atoms with Gasteiger partial charge in [-0.2, -0.15) is 0 Å². The largest absolute Gasteiger partial charge is 0.497 e. The number of hydrogen-bond donors (Lipinski definition) is 2. The molecule has 0 spiro atoms. The molecule has 2 aromatic rings. The maximum Gasteiger partial charge on any atom is 0.243 e. The van der Waals surface area contributed by atoms with Crippen LogP contribution in [-0.4, -0.2) is 32.7 Å². The highest BCUT2D eigenvalue weighted by atomic mass is 35.5. The molecule has 0 saturated carbocycles. The number of methoxy groups -OCH3 is 1. The normalized spacial score (nSPS) is 13.6. The Morgan fingerprint density at radius 1 is 1.16 bits per heavy atom. The van der Waals surface area contributed by atoms with Crippen molar-refractivity contribution in [2.45, 2.75) is 12.8 Å². The fourth-order valence-electron chi connectivity index (χ4n) is 2.94. The van der Waals surface area contributed by atoms with Gasteiger partial charge < -0.3 is 20.3 Å². The average Bonchev–Trinajstić information content (AvgIpc) is 3.15. The van der Waals surface area contributed by atoms with E-state index < -0.39 is 0 Å². The summed E-state index contributed by atoms with van der Waals surface area (Å²) in [5, 5.41) is 6.73. The van der Waals surface area contributed by atoms with Crippen LogP contribution in [0.2, 0.25) is 5.02 Å². The Balaban J connectivity index is 1.62. The van der Waals surface area contributed by atoms with E-state index in [1.54, 1.807) is 7.11 Å². The van der Waals surface area contributed by atoms with Gasteiger partial charge in [-0.1, -0.05) is 11.6 Å². The highest BCUT2D eigenvalue weighted by Crippen LogP contribution is 2.31. The quantitative estimate of drug-likeness (QED) is 0.818. The minimum Gasteiger partial charge on any atom is -0.497 e. The fourth-order valence-corrected chi connectivity index (χ4v) is 3.11. The topological polar surface area (TPSA) is 53.6 Å². The van der Waals surface area contributed by atoms with Crippen molar-refractivity contribution >= 4 is 34.6 Å². The Morgan fingerprint density at radius 2 is 1.88 bits per heavy atom. The lowest BCUT2D eigenvalue weighted by Gasteiger charge is -2.22. The lowest BCUT2D eigenvalue weighted by atomic mass is 10.2. The van der Waals surface area contributed by atoms with Crippen LogP contribution in [0.3, 0.4) is 0 Å². The molecular formula is C19H22ClN3O2. The van der Waals surface area contributed by atoms with Gasteiger partial charge in [-0.25, -0.2) is 0 Å². The highest BCUT2D eigenvalue weighted by molar-refractivity contribution is 6.31. The van der Waals surface area contributed by atoms with E-state index in [-0.39, 0.29) is 12.5 Å². The number of rotatable bonds is 6. The van der Waals surface area contributed by atoms with Crippen molar-refractivity contribution in [1.29, 1.82) is 0 Å². The molecule has 1 saturated heterocycles. The molecule has 0 aliphatic carbocycles. The third kappa shape index (κ3) is 4.57. The van der Waals surface area contributed by atoms with Gasteiger partial charge in [0, 0.05) is 23.8 Å². The van der Waals surface area contributed by atoms with Crippen molar-refractivity contribution in [3.05, 3.63) is 47.5 Å². The average molecular weight is 360 g/mol. The van der Waals surface area contributed by atoms with Gasteiger partial charge in [-0.15, -0.1) is 0 Å². The molecule has 2 aromatic carbocycles. The Morgan fingerprint density at radius 3 is 2.56 bits per heavy atom. The maximum atomic E-state index is 12.2. The molecule has 0 bridgehead atoms. The maximum absolute atomic E-state index is 12.2. The van der Waals surface area contributed by atoms with Crippen LogP contribution in [-0.2, 0) is 4.79 Å². The molecule has 1 aliphatic rings. The number of benzene rings is 2. The summed E-state index contributed by atoms with van der Waals surface area (Å²) in [6, 6.07) is 13.0. The Bertz CT molecular complexity index is 728. The third-order valence-corrected chi connectivity index (χ3v) is 4.45. The Hall–Kier alpha value is -2.40. The summed E-state index contributed by atoms with van der Waals surface area (Å²) in [7, 11) is 1.61. The zero-order valence-corrected chi connectivity index (χ0v) is 15.0.